The lowest BCUT2D eigenvalue weighted by Crippen LogP contribution is -2.21. The molecular formula is C11H11ClF3N5O. The zero-order valence-corrected chi connectivity index (χ0v) is 11.8. The number of nitrogens with one attached hydrogen (secondary N) is 1. The van der Waals surface area contributed by atoms with E-state index in [-0.39, 0.29) is 5.69 Å². The maximum absolute atomic E-state index is 12.7. The van der Waals surface area contributed by atoms with Gasteiger partial charge in [-0.05, 0) is 6.92 Å². The lowest BCUT2D eigenvalue weighted by Gasteiger charge is -2.04. The average molecular weight is 322 g/mol. The molecule has 0 radical (unpaired) electrons. The lowest BCUT2D eigenvalue weighted by molar-refractivity contribution is -0.141. The Labute approximate surface area is 122 Å². The monoisotopic (exact) mass is 321 g/mol. The third-order valence-corrected chi connectivity index (χ3v) is 3.13. The molecule has 0 aliphatic carbocycles. The first-order valence-electron chi connectivity index (χ1n) is 5.78. The summed E-state index contributed by atoms with van der Waals surface area (Å²) in [6.45, 7) is 0.969. The van der Waals surface area contributed by atoms with Crippen molar-refractivity contribution in [3.63, 3.8) is 0 Å². The molecule has 0 aliphatic rings. The summed E-state index contributed by atoms with van der Waals surface area (Å²) in [5.41, 5.74) is -1.13. The Morgan fingerprint density at radius 3 is 2.57 bits per heavy atom. The minimum Gasteiger partial charge on any atom is -0.308 e. The number of nitrogens with zero attached hydrogens (tertiary/aromatic N) is 4. The number of anilines is 1. The highest BCUT2D eigenvalue weighted by molar-refractivity contribution is 6.32. The first-order chi connectivity index (χ1) is 9.68. The number of carbonyl (C=O) groups excluding carboxylic acids is 1. The van der Waals surface area contributed by atoms with E-state index in [0.29, 0.717) is 5.82 Å². The summed E-state index contributed by atoms with van der Waals surface area (Å²) < 4.78 is 40.4. The first kappa shape index (κ1) is 15.4. The molecule has 0 spiro atoms. The predicted octanol–water partition coefficient (Wildman–Crippen LogP) is 2.24. The summed E-state index contributed by atoms with van der Waals surface area (Å²) in [5.74, 6) is -0.251. The number of alkyl halides is 3. The fourth-order valence-corrected chi connectivity index (χ4v) is 1.90. The summed E-state index contributed by atoms with van der Waals surface area (Å²) in [6, 6.07) is 1.56. The quantitative estimate of drug-likeness (QED) is 0.943. The van der Waals surface area contributed by atoms with Crippen LogP contribution < -0.4 is 5.32 Å². The van der Waals surface area contributed by atoms with Crippen LogP contribution in [0.3, 0.4) is 0 Å². The molecule has 0 aromatic carbocycles. The second-order valence-corrected chi connectivity index (χ2v) is 4.70. The normalized spacial score (nSPS) is 11.7. The van der Waals surface area contributed by atoms with Gasteiger partial charge in [0.05, 0.1) is 10.7 Å². The number of hydrogen-bond donors (Lipinski definition) is 1. The number of carbonyl (C=O) groups is 1. The van der Waals surface area contributed by atoms with E-state index in [2.05, 4.69) is 15.5 Å². The van der Waals surface area contributed by atoms with Gasteiger partial charge in [-0.1, -0.05) is 11.6 Å². The standard InChI is InChI=1S/C11H11ClF3N5O/c1-6-9(12)10(11(13,14)15)18-20(6)5-8(21)16-7-3-4-19(2)17-7/h3-4H,5H2,1-2H3,(H,16,17,21). The van der Waals surface area contributed by atoms with Gasteiger partial charge in [0.15, 0.2) is 11.5 Å². The van der Waals surface area contributed by atoms with Gasteiger partial charge in [-0.2, -0.15) is 23.4 Å². The summed E-state index contributed by atoms with van der Waals surface area (Å²) >= 11 is 5.59. The van der Waals surface area contributed by atoms with E-state index in [0.717, 1.165) is 4.68 Å². The van der Waals surface area contributed by atoms with Crippen LogP contribution in [-0.4, -0.2) is 25.5 Å². The molecule has 1 amide bonds. The number of hydrogen-bond acceptors (Lipinski definition) is 3. The minimum absolute atomic E-state index is 0.0696. The van der Waals surface area contributed by atoms with Crippen molar-refractivity contribution in [2.45, 2.75) is 19.6 Å². The molecule has 2 rings (SSSR count). The van der Waals surface area contributed by atoms with Gasteiger partial charge in [-0.25, -0.2) is 0 Å². The molecule has 0 atom stereocenters. The molecular weight excluding hydrogens is 311 g/mol. The minimum atomic E-state index is -4.66. The smallest absolute Gasteiger partial charge is 0.308 e. The average Bonchev–Trinajstić information content (AvgIpc) is 2.87. The van der Waals surface area contributed by atoms with Crippen LogP contribution in [0.1, 0.15) is 11.4 Å². The third-order valence-electron chi connectivity index (χ3n) is 2.68. The molecule has 0 fully saturated rings. The van der Waals surface area contributed by atoms with E-state index in [1.54, 1.807) is 19.3 Å². The molecule has 0 aliphatic heterocycles. The van der Waals surface area contributed by atoms with Crippen molar-refractivity contribution in [3.8, 4) is 0 Å². The van der Waals surface area contributed by atoms with Crippen LogP contribution >= 0.6 is 11.6 Å². The molecule has 1 N–H and O–H groups in total. The van der Waals surface area contributed by atoms with Crippen molar-refractivity contribution in [2.75, 3.05) is 5.32 Å². The third kappa shape index (κ3) is 3.35. The van der Waals surface area contributed by atoms with Crippen molar-refractivity contribution in [1.82, 2.24) is 19.6 Å². The molecule has 0 saturated carbocycles. The molecule has 2 heterocycles. The van der Waals surface area contributed by atoms with E-state index in [1.807, 2.05) is 0 Å². The topological polar surface area (TPSA) is 64.7 Å². The van der Waals surface area contributed by atoms with Gasteiger partial charge in [0.2, 0.25) is 5.91 Å². The van der Waals surface area contributed by atoms with E-state index < -0.39 is 29.3 Å². The van der Waals surface area contributed by atoms with E-state index in [1.165, 1.54) is 11.6 Å². The van der Waals surface area contributed by atoms with Crippen LogP contribution in [0.5, 0.6) is 0 Å². The van der Waals surface area contributed by atoms with Gasteiger partial charge >= 0.3 is 6.18 Å². The van der Waals surface area contributed by atoms with Crippen molar-refractivity contribution >= 4 is 23.3 Å². The van der Waals surface area contributed by atoms with Crippen LogP contribution in [0.2, 0.25) is 5.02 Å². The second-order valence-electron chi connectivity index (χ2n) is 4.33. The summed E-state index contributed by atoms with van der Waals surface area (Å²) in [5, 5.41) is 9.21. The van der Waals surface area contributed by atoms with Crippen LogP contribution in [-0.2, 0) is 24.6 Å². The molecule has 2 aromatic heterocycles. The Bertz CT molecular complexity index is 676. The molecule has 21 heavy (non-hydrogen) atoms. The van der Waals surface area contributed by atoms with Gasteiger partial charge in [0.1, 0.15) is 6.54 Å². The lowest BCUT2D eigenvalue weighted by atomic mass is 10.3. The number of aryl methyl sites for hydroxylation is 1. The maximum atomic E-state index is 12.7. The zero-order valence-electron chi connectivity index (χ0n) is 11.1. The highest BCUT2D eigenvalue weighted by Gasteiger charge is 2.38. The van der Waals surface area contributed by atoms with Crippen LogP contribution in [0.15, 0.2) is 12.3 Å². The predicted molar refractivity (Wildman–Crippen MR) is 68.8 cm³/mol. The van der Waals surface area contributed by atoms with Crippen molar-refractivity contribution < 1.29 is 18.0 Å². The van der Waals surface area contributed by atoms with Gasteiger partial charge in [0.25, 0.3) is 0 Å². The summed E-state index contributed by atoms with van der Waals surface area (Å²) in [4.78, 5) is 11.8. The largest absolute Gasteiger partial charge is 0.436 e. The van der Waals surface area contributed by atoms with Gasteiger partial charge in [-0.3, -0.25) is 14.2 Å². The van der Waals surface area contributed by atoms with E-state index in [9.17, 15) is 18.0 Å². The SMILES string of the molecule is Cc1c(Cl)c(C(F)(F)F)nn1CC(=O)Nc1ccn(C)n1. The molecule has 0 saturated heterocycles. The fraction of sp³-hybridized carbons (Fsp3) is 0.364. The molecule has 0 bridgehead atoms. The summed E-state index contributed by atoms with van der Waals surface area (Å²) in [7, 11) is 1.67. The van der Waals surface area contributed by atoms with Crippen molar-refractivity contribution in [2.24, 2.45) is 7.05 Å². The Hall–Kier alpha value is -2.03. The fourth-order valence-electron chi connectivity index (χ4n) is 1.66. The van der Waals surface area contributed by atoms with Crippen LogP contribution in [0, 0.1) is 6.92 Å². The molecule has 6 nitrogen and oxygen atoms in total. The number of amides is 1. The summed E-state index contributed by atoms with van der Waals surface area (Å²) in [6.07, 6.45) is -3.04. The second kappa shape index (κ2) is 5.40. The van der Waals surface area contributed by atoms with Gasteiger partial charge in [-0.15, -0.1) is 0 Å². The van der Waals surface area contributed by atoms with Crippen molar-refractivity contribution in [3.05, 3.63) is 28.7 Å². The Balaban J connectivity index is 2.14. The van der Waals surface area contributed by atoms with Gasteiger partial charge < -0.3 is 5.32 Å². The molecule has 0 unspecified atom stereocenters. The number of halogens is 4. The van der Waals surface area contributed by atoms with Crippen LogP contribution in [0.4, 0.5) is 19.0 Å². The van der Waals surface area contributed by atoms with Crippen molar-refractivity contribution in [1.29, 1.82) is 0 Å². The molecule has 2 aromatic rings. The Morgan fingerprint density at radius 1 is 1.43 bits per heavy atom. The van der Waals surface area contributed by atoms with Crippen LogP contribution in [0.25, 0.3) is 0 Å². The number of aromatic nitrogens is 4. The highest BCUT2D eigenvalue weighted by atomic mass is 35.5. The van der Waals surface area contributed by atoms with Gasteiger partial charge in [0, 0.05) is 19.3 Å². The van der Waals surface area contributed by atoms with E-state index in [4.69, 9.17) is 11.6 Å². The Kier molecular flexibility index (Phi) is 3.95. The zero-order chi connectivity index (χ0) is 15.8. The molecule has 114 valence electrons. The molecule has 10 heteroatoms. The Morgan fingerprint density at radius 2 is 2.10 bits per heavy atom. The number of rotatable bonds is 3. The highest BCUT2D eigenvalue weighted by Crippen LogP contribution is 2.35. The maximum Gasteiger partial charge on any atom is 0.436 e. The first-order valence-corrected chi connectivity index (χ1v) is 6.16. The van der Waals surface area contributed by atoms with E-state index >= 15 is 0 Å².